The highest BCUT2D eigenvalue weighted by Gasteiger charge is 2.18. The van der Waals surface area contributed by atoms with Crippen molar-refractivity contribution in [3.8, 4) is 0 Å². The van der Waals surface area contributed by atoms with Crippen LogP contribution in [0.1, 0.15) is 43.7 Å². The van der Waals surface area contributed by atoms with E-state index in [-0.39, 0.29) is 0 Å². The topological polar surface area (TPSA) is 3.24 Å². The molecule has 1 aromatic carbocycles. The minimum atomic E-state index is 0.902. The lowest BCUT2D eigenvalue weighted by atomic mass is 9.80. The highest BCUT2D eigenvalue weighted by atomic mass is 15.1. The molecule has 1 nitrogen and oxygen atoms in total. The van der Waals surface area contributed by atoms with E-state index in [1.165, 1.54) is 43.2 Å². The normalized spacial score (nSPS) is 23.1. The Morgan fingerprint density at radius 2 is 1.68 bits per heavy atom. The predicted octanol–water partition coefficient (Wildman–Crippen LogP) is 4.59. The summed E-state index contributed by atoms with van der Waals surface area (Å²) >= 11 is 0. The molecule has 1 aliphatic carbocycles. The quantitative estimate of drug-likeness (QED) is 0.762. The monoisotopic (exact) mass is 257 g/mol. The molecule has 0 aliphatic heterocycles. The maximum Gasteiger partial charge on any atom is 0.0361 e. The number of hydrogen-bond donors (Lipinski definition) is 0. The first-order valence-electron chi connectivity index (χ1n) is 7.52. The van der Waals surface area contributed by atoms with E-state index in [4.69, 9.17) is 0 Å². The summed E-state index contributed by atoms with van der Waals surface area (Å²) in [6.45, 7) is 6.49. The molecule has 0 heterocycles. The van der Waals surface area contributed by atoms with Gasteiger partial charge >= 0.3 is 0 Å². The van der Waals surface area contributed by atoms with Crippen LogP contribution in [0.25, 0.3) is 5.70 Å². The number of nitrogens with zero attached hydrogens (tertiary/aromatic N) is 1. The van der Waals surface area contributed by atoms with Gasteiger partial charge in [-0.1, -0.05) is 50.6 Å². The molecule has 104 valence electrons. The van der Waals surface area contributed by atoms with Gasteiger partial charge < -0.3 is 4.90 Å². The molecule has 2 rings (SSSR count). The molecular formula is C18H27N. The van der Waals surface area contributed by atoms with Gasteiger partial charge in [-0.25, -0.2) is 0 Å². The first-order valence-corrected chi connectivity index (χ1v) is 7.52. The van der Waals surface area contributed by atoms with Gasteiger partial charge in [0.05, 0.1) is 0 Å². The summed E-state index contributed by atoms with van der Waals surface area (Å²) in [6, 6.07) is 8.98. The Labute approximate surface area is 118 Å². The minimum Gasteiger partial charge on any atom is -0.378 e. The Morgan fingerprint density at radius 3 is 2.21 bits per heavy atom. The fourth-order valence-electron chi connectivity index (χ4n) is 2.96. The third kappa shape index (κ3) is 3.86. The van der Waals surface area contributed by atoms with E-state index in [2.05, 4.69) is 42.7 Å². The van der Waals surface area contributed by atoms with E-state index in [0.717, 1.165) is 17.5 Å². The Hall–Kier alpha value is -1.24. The standard InChI is InChI=1S/C18H27N/c1-14-5-7-16(8-6-14)13-17-9-11-18(12-10-17)15(2)19(3)4/h9-12,14,16H,2,5-8,13H2,1,3-4H3. The minimum absolute atomic E-state index is 0.902. The van der Waals surface area contributed by atoms with Crippen LogP contribution in [-0.2, 0) is 6.42 Å². The summed E-state index contributed by atoms with van der Waals surface area (Å²) in [5, 5.41) is 0. The van der Waals surface area contributed by atoms with E-state index in [9.17, 15) is 0 Å². The van der Waals surface area contributed by atoms with Crippen LogP contribution in [0.3, 0.4) is 0 Å². The van der Waals surface area contributed by atoms with Crippen molar-refractivity contribution in [2.45, 2.75) is 39.0 Å². The average molecular weight is 257 g/mol. The summed E-state index contributed by atoms with van der Waals surface area (Å²) in [6.07, 6.45) is 6.91. The maximum atomic E-state index is 4.10. The smallest absolute Gasteiger partial charge is 0.0361 e. The molecule has 0 saturated heterocycles. The lowest BCUT2D eigenvalue weighted by molar-refractivity contribution is 0.289. The van der Waals surface area contributed by atoms with Crippen LogP contribution in [0.15, 0.2) is 30.8 Å². The van der Waals surface area contributed by atoms with Crippen molar-refractivity contribution < 1.29 is 0 Å². The van der Waals surface area contributed by atoms with Crippen LogP contribution < -0.4 is 0 Å². The van der Waals surface area contributed by atoms with Crippen LogP contribution in [0.4, 0.5) is 0 Å². The Morgan fingerprint density at radius 1 is 1.11 bits per heavy atom. The van der Waals surface area contributed by atoms with Gasteiger partial charge in [0.15, 0.2) is 0 Å². The van der Waals surface area contributed by atoms with Crippen molar-refractivity contribution in [3.63, 3.8) is 0 Å². The van der Waals surface area contributed by atoms with Crippen LogP contribution in [0.2, 0.25) is 0 Å². The first kappa shape index (κ1) is 14.2. The van der Waals surface area contributed by atoms with Crippen LogP contribution >= 0.6 is 0 Å². The molecule has 0 atom stereocenters. The molecule has 0 aromatic heterocycles. The van der Waals surface area contributed by atoms with E-state index >= 15 is 0 Å². The van der Waals surface area contributed by atoms with Crippen molar-refractivity contribution in [2.75, 3.05) is 14.1 Å². The summed E-state index contributed by atoms with van der Waals surface area (Å²) in [5.41, 5.74) is 3.79. The highest BCUT2D eigenvalue weighted by molar-refractivity contribution is 5.61. The SMILES string of the molecule is C=C(c1ccc(CC2CCC(C)CC2)cc1)N(C)C. The Kier molecular flexibility index (Phi) is 4.68. The van der Waals surface area contributed by atoms with Gasteiger partial charge in [-0.15, -0.1) is 0 Å². The molecule has 1 saturated carbocycles. The Balaban J connectivity index is 1.93. The lowest BCUT2D eigenvalue weighted by Gasteiger charge is -2.26. The van der Waals surface area contributed by atoms with Gasteiger partial charge in [-0.2, -0.15) is 0 Å². The van der Waals surface area contributed by atoms with Gasteiger partial charge in [0.1, 0.15) is 0 Å². The molecule has 0 N–H and O–H groups in total. The van der Waals surface area contributed by atoms with Crippen molar-refractivity contribution in [3.05, 3.63) is 42.0 Å². The number of benzene rings is 1. The van der Waals surface area contributed by atoms with E-state index < -0.39 is 0 Å². The lowest BCUT2D eigenvalue weighted by Crippen LogP contribution is -2.14. The summed E-state index contributed by atoms with van der Waals surface area (Å²) in [4.78, 5) is 2.07. The summed E-state index contributed by atoms with van der Waals surface area (Å²) in [5.74, 6) is 1.85. The summed E-state index contributed by atoms with van der Waals surface area (Å²) in [7, 11) is 4.08. The van der Waals surface area contributed by atoms with Gasteiger partial charge in [-0.3, -0.25) is 0 Å². The highest BCUT2D eigenvalue weighted by Crippen LogP contribution is 2.30. The van der Waals surface area contributed by atoms with E-state index in [1.807, 2.05) is 14.1 Å². The fraction of sp³-hybridized carbons (Fsp3) is 0.556. The maximum absolute atomic E-state index is 4.10. The molecule has 1 aliphatic rings. The molecule has 0 unspecified atom stereocenters. The number of rotatable bonds is 4. The molecule has 1 heteroatoms. The van der Waals surface area contributed by atoms with Gasteiger partial charge in [0.2, 0.25) is 0 Å². The summed E-state index contributed by atoms with van der Waals surface area (Å²) < 4.78 is 0. The van der Waals surface area contributed by atoms with Crippen LogP contribution in [0.5, 0.6) is 0 Å². The van der Waals surface area contributed by atoms with Crippen molar-refractivity contribution in [2.24, 2.45) is 11.8 Å². The second-order valence-corrected chi connectivity index (χ2v) is 6.37. The second-order valence-electron chi connectivity index (χ2n) is 6.37. The third-order valence-corrected chi connectivity index (χ3v) is 4.49. The molecule has 0 bridgehead atoms. The molecular weight excluding hydrogens is 230 g/mol. The van der Waals surface area contributed by atoms with Gasteiger partial charge in [0.25, 0.3) is 0 Å². The zero-order valence-corrected chi connectivity index (χ0v) is 12.7. The van der Waals surface area contributed by atoms with Crippen molar-refractivity contribution in [1.29, 1.82) is 0 Å². The predicted molar refractivity (Wildman–Crippen MR) is 84.0 cm³/mol. The van der Waals surface area contributed by atoms with E-state index in [1.54, 1.807) is 0 Å². The number of hydrogen-bond acceptors (Lipinski definition) is 1. The van der Waals surface area contributed by atoms with Gasteiger partial charge in [-0.05, 0) is 42.2 Å². The van der Waals surface area contributed by atoms with Crippen molar-refractivity contribution >= 4 is 5.70 Å². The molecule has 1 fully saturated rings. The van der Waals surface area contributed by atoms with E-state index in [0.29, 0.717) is 0 Å². The first-order chi connectivity index (χ1) is 9.06. The fourth-order valence-corrected chi connectivity index (χ4v) is 2.96. The molecule has 0 spiro atoms. The molecule has 0 radical (unpaired) electrons. The second kappa shape index (κ2) is 6.27. The van der Waals surface area contributed by atoms with Gasteiger partial charge in [0, 0.05) is 19.8 Å². The molecule has 0 amide bonds. The van der Waals surface area contributed by atoms with Crippen molar-refractivity contribution in [1.82, 2.24) is 4.90 Å². The van der Waals surface area contributed by atoms with Crippen LogP contribution in [-0.4, -0.2) is 19.0 Å². The third-order valence-electron chi connectivity index (χ3n) is 4.49. The van der Waals surface area contributed by atoms with Crippen LogP contribution in [0, 0.1) is 11.8 Å². The Bertz CT molecular complexity index is 408. The zero-order valence-electron chi connectivity index (χ0n) is 12.7. The molecule has 19 heavy (non-hydrogen) atoms. The average Bonchev–Trinajstić information content (AvgIpc) is 2.41. The largest absolute Gasteiger partial charge is 0.378 e. The zero-order chi connectivity index (χ0) is 13.8. The molecule has 1 aromatic rings.